The summed E-state index contributed by atoms with van der Waals surface area (Å²) in [6.07, 6.45) is 0.512. The molecule has 0 heterocycles. The van der Waals surface area contributed by atoms with Crippen LogP contribution in [-0.4, -0.2) is 11.2 Å². The predicted octanol–water partition coefficient (Wildman–Crippen LogP) is 3.21. The second-order valence-corrected chi connectivity index (χ2v) is 3.63. The molecule has 2 rings (SSSR count). The van der Waals surface area contributed by atoms with E-state index in [0.717, 1.165) is 6.07 Å². The van der Waals surface area contributed by atoms with Gasteiger partial charge < -0.3 is 0 Å². The maximum atomic E-state index is 13.6. The van der Waals surface area contributed by atoms with Crippen molar-refractivity contribution in [1.82, 2.24) is 0 Å². The zero-order chi connectivity index (χ0) is 13.1. The monoisotopic (exact) mass is 245 g/mol. The van der Waals surface area contributed by atoms with Crippen molar-refractivity contribution in [3.05, 3.63) is 64.0 Å². The van der Waals surface area contributed by atoms with E-state index in [-0.39, 0.29) is 22.4 Å². The van der Waals surface area contributed by atoms with Gasteiger partial charge in [0.2, 0.25) is 0 Å². The van der Waals surface area contributed by atoms with Crippen LogP contribution < -0.4 is 0 Å². The van der Waals surface area contributed by atoms with Crippen LogP contribution in [0, 0.1) is 15.9 Å². The van der Waals surface area contributed by atoms with Gasteiger partial charge in [-0.3, -0.25) is 14.9 Å². The summed E-state index contributed by atoms with van der Waals surface area (Å²) < 4.78 is 13.6. The quantitative estimate of drug-likeness (QED) is 0.474. The average Bonchev–Trinajstić information content (AvgIpc) is 2.38. The Morgan fingerprint density at radius 3 is 2.44 bits per heavy atom. The van der Waals surface area contributed by atoms with Crippen molar-refractivity contribution in [2.75, 3.05) is 0 Å². The normalized spacial score (nSPS) is 10.1. The molecule has 0 saturated carbocycles. The first-order valence-electron chi connectivity index (χ1n) is 5.12. The van der Waals surface area contributed by atoms with E-state index in [2.05, 4.69) is 0 Å². The van der Waals surface area contributed by atoms with Gasteiger partial charge in [-0.25, -0.2) is 4.39 Å². The highest BCUT2D eigenvalue weighted by molar-refractivity contribution is 5.82. The first-order valence-corrected chi connectivity index (χ1v) is 5.12. The molecule has 0 aliphatic rings. The molecule has 0 fully saturated rings. The van der Waals surface area contributed by atoms with E-state index >= 15 is 0 Å². The third-order valence-electron chi connectivity index (χ3n) is 2.52. The summed E-state index contributed by atoms with van der Waals surface area (Å²) in [4.78, 5) is 20.9. The Hall–Kier alpha value is -2.56. The molecule has 0 spiro atoms. The maximum absolute atomic E-state index is 13.6. The van der Waals surface area contributed by atoms with E-state index in [1.807, 2.05) is 0 Å². The van der Waals surface area contributed by atoms with Gasteiger partial charge in [-0.05, 0) is 12.1 Å². The van der Waals surface area contributed by atoms with E-state index in [1.54, 1.807) is 6.07 Å². The molecule has 2 aromatic rings. The van der Waals surface area contributed by atoms with Gasteiger partial charge in [0, 0.05) is 17.2 Å². The molecule has 5 heteroatoms. The highest BCUT2D eigenvalue weighted by Gasteiger charge is 2.18. The molecule has 0 bridgehead atoms. The predicted molar refractivity (Wildman–Crippen MR) is 63.9 cm³/mol. The third kappa shape index (κ3) is 2.10. The van der Waals surface area contributed by atoms with Gasteiger partial charge >= 0.3 is 0 Å². The zero-order valence-electron chi connectivity index (χ0n) is 9.17. The highest BCUT2D eigenvalue weighted by atomic mass is 19.1. The van der Waals surface area contributed by atoms with E-state index < -0.39 is 10.7 Å². The third-order valence-corrected chi connectivity index (χ3v) is 2.52. The lowest BCUT2D eigenvalue weighted by Crippen LogP contribution is -1.95. The molecule has 0 aromatic heterocycles. The summed E-state index contributed by atoms with van der Waals surface area (Å²) in [5, 5.41) is 10.9. The van der Waals surface area contributed by atoms with Crippen molar-refractivity contribution in [3.63, 3.8) is 0 Å². The number of rotatable bonds is 3. The van der Waals surface area contributed by atoms with Crippen LogP contribution in [0.2, 0.25) is 0 Å². The van der Waals surface area contributed by atoms with Gasteiger partial charge in [-0.15, -0.1) is 0 Å². The molecule has 0 atom stereocenters. The van der Waals surface area contributed by atoms with Crippen LogP contribution in [0.15, 0.2) is 42.5 Å². The van der Waals surface area contributed by atoms with Crippen LogP contribution in [0.5, 0.6) is 0 Å². The summed E-state index contributed by atoms with van der Waals surface area (Å²) >= 11 is 0. The van der Waals surface area contributed by atoms with Gasteiger partial charge in [-0.2, -0.15) is 0 Å². The van der Waals surface area contributed by atoms with Gasteiger partial charge in [0.05, 0.1) is 10.5 Å². The molecule has 2 aromatic carbocycles. The molecule has 18 heavy (non-hydrogen) atoms. The molecule has 0 amide bonds. The fourth-order valence-electron chi connectivity index (χ4n) is 1.68. The number of nitro benzene ring substituents is 1. The molecule has 0 unspecified atom stereocenters. The molecular weight excluding hydrogens is 237 g/mol. The van der Waals surface area contributed by atoms with E-state index in [1.165, 1.54) is 30.3 Å². The maximum Gasteiger partial charge on any atom is 0.278 e. The zero-order valence-corrected chi connectivity index (χ0v) is 9.17. The summed E-state index contributed by atoms with van der Waals surface area (Å²) in [5.74, 6) is -0.542. The van der Waals surface area contributed by atoms with Crippen LogP contribution in [0.3, 0.4) is 0 Å². The first-order chi connectivity index (χ1) is 8.63. The Morgan fingerprint density at radius 2 is 1.83 bits per heavy atom. The number of carbonyl (C=O) groups is 1. The topological polar surface area (TPSA) is 60.2 Å². The fraction of sp³-hybridized carbons (Fsp3) is 0. The van der Waals surface area contributed by atoms with E-state index in [0.29, 0.717) is 6.29 Å². The van der Waals surface area contributed by atoms with Crippen molar-refractivity contribution in [2.45, 2.75) is 0 Å². The van der Waals surface area contributed by atoms with Gasteiger partial charge in [0.1, 0.15) is 12.1 Å². The number of nitrogens with zero attached hydrogens (tertiary/aromatic N) is 1. The minimum atomic E-state index is -0.630. The Kier molecular flexibility index (Phi) is 3.14. The lowest BCUT2D eigenvalue weighted by molar-refractivity contribution is -0.384. The highest BCUT2D eigenvalue weighted by Crippen LogP contribution is 2.31. The number of halogens is 1. The Labute approximate surface area is 102 Å². The second kappa shape index (κ2) is 4.75. The summed E-state index contributed by atoms with van der Waals surface area (Å²) in [7, 11) is 0. The van der Waals surface area contributed by atoms with E-state index in [4.69, 9.17) is 0 Å². The number of benzene rings is 2. The second-order valence-electron chi connectivity index (χ2n) is 3.63. The summed E-state index contributed by atoms with van der Waals surface area (Å²) in [6, 6.07) is 9.71. The molecule has 0 aliphatic heterocycles. The molecular formula is C13H8FNO3. The molecule has 0 aliphatic carbocycles. The standard InChI is InChI=1S/C13H8FNO3/c14-12-4-2-1-3-10(12)11-6-5-9(8-16)7-13(11)15(17)18/h1-8H. The average molecular weight is 245 g/mol. The van der Waals surface area contributed by atoms with Crippen molar-refractivity contribution in [3.8, 4) is 11.1 Å². The van der Waals surface area contributed by atoms with Crippen LogP contribution >= 0.6 is 0 Å². The SMILES string of the molecule is O=Cc1ccc(-c2ccccc2F)c([N+](=O)[O-])c1. The number of carbonyl (C=O) groups excluding carboxylic acids is 1. The molecule has 0 N–H and O–H groups in total. The Bertz CT molecular complexity index is 625. The number of hydrogen-bond donors (Lipinski definition) is 0. The smallest absolute Gasteiger partial charge is 0.278 e. The molecule has 90 valence electrons. The van der Waals surface area contributed by atoms with Gasteiger partial charge in [0.15, 0.2) is 0 Å². The number of nitro groups is 1. The van der Waals surface area contributed by atoms with Crippen LogP contribution in [-0.2, 0) is 0 Å². The van der Waals surface area contributed by atoms with Crippen molar-refractivity contribution < 1.29 is 14.1 Å². The molecule has 0 saturated heterocycles. The summed E-state index contributed by atoms with van der Waals surface area (Å²) in [6.45, 7) is 0. The number of hydrogen-bond acceptors (Lipinski definition) is 3. The van der Waals surface area contributed by atoms with Crippen molar-refractivity contribution >= 4 is 12.0 Å². The van der Waals surface area contributed by atoms with E-state index in [9.17, 15) is 19.3 Å². The van der Waals surface area contributed by atoms with Crippen molar-refractivity contribution in [2.24, 2.45) is 0 Å². The minimum absolute atomic E-state index is 0.140. The van der Waals surface area contributed by atoms with Gasteiger partial charge in [-0.1, -0.05) is 24.3 Å². The Balaban J connectivity index is 2.68. The van der Waals surface area contributed by atoms with Crippen molar-refractivity contribution in [1.29, 1.82) is 0 Å². The molecule has 0 radical (unpaired) electrons. The summed E-state index contributed by atoms with van der Waals surface area (Å²) in [5.41, 5.74) is 0.192. The fourth-order valence-corrected chi connectivity index (χ4v) is 1.68. The van der Waals surface area contributed by atoms with Crippen LogP contribution in [0.4, 0.5) is 10.1 Å². The lowest BCUT2D eigenvalue weighted by Gasteiger charge is -2.04. The van der Waals surface area contributed by atoms with Crippen LogP contribution in [0.25, 0.3) is 11.1 Å². The van der Waals surface area contributed by atoms with Crippen LogP contribution in [0.1, 0.15) is 10.4 Å². The minimum Gasteiger partial charge on any atom is -0.298 e. The lowest BCUT2D eigenvalue weighted by atomic mass is 10.0. The largest absolute Gasteiger partial charge is 0.298 e. The molecule has 4 nitrogen and oxygen atoms in total. The van der Waals surface area contributed by atoms with Gasteiger partial charge in [0.25, 0.3) is 5.69 Å². The Morgan fingerprint density at radius 1 is 1.11 bits per heavy atom. The number of aldehydes is 1. The first kappa shape index (κ1) is 11.9.